The van der Waals surface area contributed by atoms with Gasteiger partial charge in [0.05, 0.1) is 22.4 Å². The van der Waals surface area contributed by atoms with Gasteiger partial charge in [-0.3, -0.25) is 0 Å². The van der Waals surface area contributed by atoms with Crippen molar-refractivity contribution in [1.82, 2.24) is 9.97 Å². The van der Waals surface area contributed by atoms with Gasteiger partial charge in [0.2, 0.25) is 0 Å². The van der Waals surface area contributed by atoms with Crippen molar-refractivity contribution in [2.24, 2.45) is 0 Å². The topological polar surface area (TPSA) is 25.8 Å². The fraction of sp³-hybridized carbons (Fsp3) is 0.619. The maximum atomic E-state index is 4.47. The second-order valence-corrected chi connectivity index (χ2v) is 3.39. The Morgan fingerprint density at radius 3 is 1.26 bits per heavy atom. The fourth-order valence-electron chi connectivity index (χ4n) is 1.34. The van der Waals surface area contributed by atoms with Crippen molar-refractivity contribution in [3.8, 4) is 0 Å². The van der Waals surface area contributed by atoms with Gasteiger partial charge in [-0.25, -0.2) is 9.97 Å². The molecule has 0 saturated heterocycles. The van der Waals surface area contributed by atoms with Crippen molar-refractivity contribution in [1.29, 1.82) is 0 Å². The van der Waals surface area contributed by atoms with Crippen LogP contribution < -0.4 is 0 Å². The van der Waals surface area contributed by atoms with Crippen molar-refractivity contribution < 1.29 is 0 Å². The largest absolute Gasteiger partial charge is 0.250 e. The predicted octanol–water partition coefficient (Wildman–Crippen LogP) is 7.69. The molecule has 2 rings (SSSR count). The van der Waals surface area contributed by atoms with E-state index in [1.165, 1.54) is 5.56 Å². The van der Waals surface area contributed by atoms with Crippen molar-refractivity contribution >= 4 is 11.0 Å². The lowest BCUT2D eigenvalue weighted by Crippen LogP contribution is -1.93. The molecule has 0 bridgehead atoms. The molecule has 0 aliphatic heterocycles. The Kier molecular flexibility index (Phi) is 29.3. The van der Waals surface area contributed by atoms with Gasteiger partial charge >= 0.3 is 0 Å². The summed E-state index contributed by atoms with van der Waals surface area (Å²) in [6, 6.07) is 6.14. The van der Waals surface area contributed by atoms with Gasteiger partial charge in [-0.1, -0.05) is 75.3 Å². The summed E-state index contributed by atoms with van der Waals surface area (Å²) in [5, 5.41) is 0. The first-order valence-electron chi connectivity index (χ1n) is 9.38. The van der Waals surface area contributed by atoms with E-state index in [-0.39, 0.29) is 0 Å². The Morgan fingerprint density at radius 1 is 0.522 bits per heavy atom. The summed E-state index contributed by atoms with van der Waals surface area (Å²) in [5.74, 6) is 0. The Morgan fingerprint density at radius 2 is 0.870 bits per heavy atom. The molecule has 0 saturated carbocycles. The number of aromatic nitrogens is 2. The summed E-state index contributed by atoms with van der Waals surface area (Å²) in [7, 11) is 0. The Balaban J connectivity index is -0.000000156. The number of hydrogen-bond donors (Lipinski definition) is 0. The molecule has 136 valence electrons. The van der Waals surface area contributed by atoms with Gasteiger partial charge in [0.1, 0.15) is 0 Å². The van der Waals surface area contributed by atoms with Gasteiger partial charge in [0.15, 0.2) is 0 Å². The molecule has 0 unspecified atom stereocenters. The molecular formula is C21H42N2. The van der Waals surface area contributed by atoms with E-state index in [1.807, 2.05) is 89.2 Å². The molecule has 23 heavy (non-hydrogen) atoms. The Labute approximate surface area is 146 Å². The first-order chi connectivity index (χ1) is 11.2. The number of rotatable bonds is 0. The second kappa shape index (κ2) is 22.8. The van der Waals surface area contributed by atoms with Gasteiger partial charge in [0, 0.05) is 0 Å². The van der Waals surface area contributed by atoms with E-state index in [0.717, 1.165) is 22.4 Å². The molecular weight excluding hydrogens is 280 g/mol. The minimum absolute atomic E-state index is 0.980. The molecule has 2 nitrogen and oxygen atoms in total. The van der Waals surface area contributed by atoms with E-state index >= 15 is 0 Å². The monoisotopic (exact) mass is 322 g/mol. The van der Waals surface area contributed by atoms with E-state index in [1.54, 1.807) is 0 Å². The quantitative estimate of drug-likeness (QED) is 0.497. The molecule has 0 fully saturated rings. The van der Waals surface area contributed by atoms with Crippen LogP contribution in [0.25, 0.3) is 11.0 Å². The fourth-order valence-corrected chi connectivity index (χ4v) is 1.34. The van der Waals surface area contributed by atoms with Gasteiger partial charge < -0.3 is 0 Å². The maximum Gasteiger partial charge on any atom is 0.0892 e. The molecule has 0 amide bonds. The minimum atomic E-state index is 0.980. The molecule has 0 N–H and O–H groups in total. The third-order valence-corrected chi connectivity index (χ3v) is 2.23. The standard InChI is InChI=1S/C11H12N2.5C2H6/c1-7-4-5-10-11(6-7)13-9(3)8(2)12-10;5*1-2/h4-6H,1-3H3;5*1-2H3. The predicted molar refractivity (Wildman–Crippen MR) is 110 cm³/mol. The highest BCUT2D eigenvalue weighted by Crippen LogP contribution is 2.13. The highest BCUT2D eigenvalue weighted by Gasteiger charge is 2.00. The molecule has 2 aromatic rings. The van der Waals surface area contributed by atoms with Crippen LogP contribution in [0, 0.1) is 20.8 Å². The first kappa shape index (κ1) is 29.6. The number of hydrogen-bond acceptors (Lipinski definition) is 2. The molecule has 1 heterocycles. The average Bonchev–Trinajstić information content (AvgIpc) is 2.65. The van der Waals surface area contributed by atoms with Crippen molar-refractivity contribution in [2.75, 3.05) is 0 Å². The molecule has 1 aromatic carbocycles. The van der Waals surface area contributed by atoms with Crippen LogP contribution in [0.4, 0.5) is 0 Å². The summed E-state index contributed by atoms with van der Waals surface area (Å²) >= 11 is 0. The van der Waals surface area contributed by atoms with Crippen molar-refractivity contribution in [2.45, 2.75) is 90.0 Å². The van der Waals surface area contributed by atoms with Crippen LogP contribution in [-0.4, -0.2) is 9.97 Å². The summed E-state index contributed by atoms with van der Waals surface area (Å²) in [5.41, 5.74) is 5.22. The smallest absolute Gasteiger partial charge is 0.0892 e. The van der Waals surface area contributed by atoms with Gasteiger partial charge in [0.25, 0.3) is 0 Å². The van der Waals surface area contributed by atoms with Crippen LogP contribution in [0.15, 0.2) is 18.2 Å². The normalized spacial score (nSPS) is 7.35. The molecule has 0 aliphatic carbocycles. The van der Waals surface area contributed by atoms with E-state index in [0.29, 0.717) is 0 Å². The SMILES string of the molecule is CC.CC.CC.CC.CC.Cc1ccc2nc(C)c(C)nc2c1. The van der Waals surface area contributed by atoms with Crippen LogP contribution in [0.1, 0.15) is 86.2 Å². The number of nitrogens with zero attached hydrogens (tertiary/aromatic N) is 2. The maximum absolute atomic E-state index is 4.47. The highest BCUT2D eigenvalue weighted by molar-refractivity contribution is 5.75. The van der Waals surface area contributed by atoms with Gasteiger partial charge in [-0.05, 0) is 38.5 Å². The zero-order chi connectivity index (χ0) is 19.4. The average molecular weight is 323 g/mol. The molecule has 0 atom stereocenters. The van der Waals surface area contributed by atoms with Crippen LogP contribution in [0.5, 0.6) is 0 Å². The lowest BCUT2D eigenvalue weighted by molar-refractivity contribution is 1.10. The van der Waals surface area contributed by atoms with E-state index in [4.69, 9.17) is 0 Å². The van der Waals surface area contributed by atoms with Crippen LogP contribution in [0.3, 0.4) is 0 Å². The van der Waals surface area contributed by atoms with Crippen molar-refractivity contribution in [3.63, 3.8) is 0 Å². The van der Waals surface area contributed by atoms with Crippen molar-refractivity contribution in [3.05, 3.63) is 35.2 Å². The molecule has 2 heteroatoms. The van der Waals surface area contributed by atoms with Crippen LogP contribution >= 0.6 is 0 Å². The van der Waals surface area contributed by atoms with Crippen LogP contribution in [0.2, 0.25) is 0 Å². The number of aryl methyl sites for hydroxylation is 3. The van der Waals surface area contributed by atoms with Gasteiger partial charge in [-0.15, -0.1) is 0 Å². The first-order valence-corrected chi connectivity index (χ1v) is 9.38. The zero-order valence-electron chi connectivity index (χ0n) is 18.1. The highest BCUT2D eigenvalue weighted by atomic mass is 14.8. The number of benzene rings is 1. The minimum Gasteiger partial charge on any atom is -0.250 e. The molecule has 0 aliphatic rings. The second-order valence-electron chi connectivity index (χ2n) is 3.39. The third kappa shape index (κ3) is 12.8. The lowest BCUT2D eigenvalue weighted by atomic mass is 10.2. The summed E-state index contributed by atoms with van der Waals surface area (Å²) in [6.45, 7) is 26.0. The Bertz CT molecular complexity index is 463. The van der Waals surface area contributed by atoms with E-state index in [9.17, 15) is 0 Å². The molecule has 0 spiro atoms. The third-order valence-electron chi connectivity index (χ3n) is 2.23. The Hall–Kier alpha value is -1.44. The summed E-state index contributed by atoms with van der Waals surface area (Å²) in [4.78, 5) is 8.93. The summed E-state index contributed by atoms with van der Waals surface area (Å²) < 4.78 is 0. The van der Waals surface area contributed by atoms with E-state index < -0.39 is 0 Å². The number of fused-ring (bicyclic) bond motifs is 1. The van der Waals surface area contributed by atoms with Crippen LogP contribution in [-0.2, 0) is 0 Å². The van der Waals surface area contributed by atoms with E-state index in [2.05, 4.69) is 29.0 Å². The van der Waals surface area contributed by atoms with Gasteiger partial charge in [-0.2, -0.15) is 0 Å². The molecule has 0 radical (unpaired) electrons. The lowest BCUT2D eigenvalue weighted by Gasteiger charge is -2.02. The summed E-state index contributed by atoms with van der Waals surface area (Å²) in [6.07, 6.45) is 0. The molecule has 1 aromatic heterocycles. The zero-order valence-corrected chi connectivity index (χ0v) is 18.1.